The molecule has 0 aliphatic heterocycles. The number of hydrogen-bond acceptors (Lipinski definition) is 5. The Bertz CT molecular complexity index is 614. The number of nitrogens with zero attached hydrogens (tertiary/aromatic N) is 2. The first-order chi connectivity index (χ1) is 9.45. The molecule has 0 radical (unpaired) electrons. The molecule has 2 N–H and O–H groups in total. The fraction of sp³-hybridized carbons (Fsp3) is 0.700. The van der Waals surface area contributed by atoms with Gasteiger partial charge in [0.2, 0.25) is 22.1 Å². The number of aryl methyl sites for hydroxylation is 1. The smallest absolute Gasteiger partial charge is 0.307 e. The third-order valence-electron chi connectivity index (χ3n) is 2.52. The van der Waals surface area contributed by atoms with Gasteiger partial charge >= 0.3 is 10.1 Å². The van der Waals surface area contributed by atoms with Gasteiger partial charge in [-0.3, -0.25) is 9.11 Å². The summed E-state index contributed by atoms with van der Waals surface area (Å²) in [6, 6.07) is 0. The lowest BCUT2D eigenvalue weighted by atomic mass is 10.2. The molecule has 0 fully saturated rings. The zero-order chi connectivity index (χ0) is 16.7. The Morgan fingerprint density at radius 3 is 2.10 bits per heavy atom. The lowest BCUT2D eigenvalue weighted by Gasteiger charge is -2.09. The summed E-state index contributed by atoms with van der Waals surface area (Å²) in [5, 5.41) is -0.861. The summed E-state index contributed by atoms with van der Waals surface area (Å²) in [5.41, 5.74) is 0. The molecule has 1 aromatic heterocycles. The number of hydrogen-bond donors (Lipinski definition) is 2. The predicted octanol–water partition coefficient (Wildman–Crippen LogP) is 0.284. The van der Waals surface area contributed by atoms with E-state index < -0.39 is 25.9 Å². The van der Waals surface area contributed by atoms with Crippen molar-refractivity contribution in [2.45, 2.75) is 38.0 Å². The summed E-state index contributed by atoms with van der Waals surface area (Å²) in [6.07, 6.45) is 8.30. The molecule has 0 aliphatic carbocycles. The Morgan fingerprint density at radius 1 is 1.24 bits per heavy atom. The molecule has 1 rings (SSSR count). The maximum Gasteiger partial charge on any atom is 0.307 e. The van der Waals surface area contributed by atoms with Gasteiger partial charge in [0.1, 0.15) is 12.4 Å². The SMILES string of the molecule is CCCCCC(n1cc[n+](C)c1)S(=O)(=O)O.O=S(=O)([O-])O. The van der Waals surface area contributed by atoms with E-state index in [9.17, 15) is 13.0 Å². The van der Waals surface area contributed by atoms with Crippen molar-refractivity contribution in [2.24, 2.45) is 7.05 Å². The number of imidazole rings is 1. The van der Waals surface area contributed by atoms with Crippen molar-refractivity contribution in [3.63, 3.8) is 0 Å². The largest absolute Gasteiger partial charge is 0.726 e. The Labute approximate surface area is 124 Å². The molecular weight excluding hydrogens is 324 g/mol. The van der Waals surface area contributed by atoms with Gasteiger partial charge in [-0.1, -0.05) is 19.8 Å². The van der Waals surface area contributed by atoms with Gasteiger partial charge in [-0.15, -0.1) is 0 Å². The van der Waals surface area contributed by atoms with Gasteiger partial charge in [-0.05, 0) is 6.42 Å². The summed E-state index contributed by atoms with van der Waals surface area (Å²) in [7, 11) is -7.14. The topological polar surface area (TPSA) is 141 Å². The second-order valence-corrected chi connectivity index (χ2v) is 6.85. The van der Waals surface area contributed by atoms with Gasteiger partial charge in [-0.25, -0.2) is 17.6 Å². The van der Waals surface area contributed by atoms with Crippen LogP contribution in [-0.2, 0) is 27.6 Å². The summed E-state index contributed by atoms with van der Waals surface area (Å²) in [5.74, 6) is 0. The van der Waals surface area contributed by atoms with Crippen LogP contribution in [0.2, 0.25) is 0 Å². The van der Waals surface area contributed by atoms with E-state index in [2.05, 4.69) is 6.92 Å². The molecule has 0 saturated carbocycles. The Balaban J connectivity index is 0.000000690. The van der Waals surface area contributed by atoms with Crippen molar-refractivity contribution >= 4 is 20.5 Å². The highest BCUT2D eigenvalue weighted by Crippen LogP contribution is 2.20. The number of aromatic nitrogens is 2. The fourth-order valence-electron chi connectivity index (χ4n) is 1.66. The van der Waals surface area contributed by atoms with Crippen LogP contribution in [0.25, 0.3) is 0 Å². The lowest BCUT2D eigenvalue weighted by molar-refractivity contribution is -0.671. The van der Waals surface area contributed by atoms with E-state index in [1.807, 2.05) is 7.05 Å². The number of unbranched alkanes of at least 4 members (excludes halogenated alkanes) is 2. The van der Waals surface area contributed by atoms with Crippen LogP contribution in [0.15, 0.2) is 18.7 Å². The fourth-order valence-corrected chi connectivity index (χ4v) is 2.56. The molecule has 21 heavy (non-hydrogen) atoms. The molecule has 0 bridgehead atoms. The van der Waals surface area contributed by atoms with Crippen molar-refractivity contribution in [3.05, 3.63) is 18.7 Å². The van der Waals surface area contributed by atoms with Gasteiger partial charge in [0, 0.05) is 6.42 Å². The highest BCUT2D eigenvalue weighted by Gasteiger charge is 2.28. The second-order valence-electron chi connectivity index (χ2n) is 4.42. The third kappa shape index (κ3) is 10.4. The molecular formula is C10H20N2O7S2. The van der Waals surface area contributed by atoms with Crippen LogP contribution in [-0.4, -0.2) is 35.1 Å². The van der Waals surface area contributed by atoms with E-state index in [4.69, 9.17) is 17.5 Å². The van der Waals surface area contributed by atoms with E-state index in [1.54, 1.807) is 23.3 Å². The normalized spacial score (nSPS) is 13.4. The molecule has 1 aromatic rings. The minimum atomic E-state index is -4.92. The molecule has 1 atom stereocenters. The zero-order valence-corrected chi connectivity index (χ0v) is 13.4. The van der Waals surface area contributed by atoms with E-state index >= 15 is 0 Å². The first-order valence-electron chi connectivity index (χ1n) is 6.12. The summed E-state index contributed by atoms with van der Waals surface area (Å²) in [4.78, 5) is 0. The quantitative estimate of drug-likeness (QED) is 0.327. The van der Waals surface area contributed by atoms with Crippen LogP contribution in [0.4, 0.5) is 0 Å². The Morgan fingerprint density at radius 2 is 1.76 bits per heavy atom. The lowest BCUT2D eigenvalue weighted by Crippen LogP contribution is -2.26. The standard InChI is InChI=1S/C10H18N2O3S.H2O4S/c1-3-4-5-6-10(16(13,14)15)12-8-7-11(2)9-12;1-5(2,3)4/h7-10H,3-6H2,1-2H3;(H2,1,2,3,4). The summed E-state index contributed by atoms with van der Waals surface area (Å²) < 4.78 is 67.8. The first-order valence-corrected chi connectivity index (χ1v) is 8.99. The average Bonchev–Trinajstić information content (AvgIpc) is 2.67. The molecule has 124 valence electrons. The molecule has 1 heterocycles. The van der Waals surface area contributed by atoms with Crippen molar-refractivity contribution in [3.8, 4) is 0 Å². The van der Waals surface area contributed by atoms with E-state index in [0.29, 0.717) is 6.42 Å². The van der Waals surface area contributed by atoms with E-state index in [0.717, 1.165) is 19.3 Å². The van der Waals surface area contributed by atoms with Crippen LogP contribution in [0.3, 0.4) is 0 Å². The van der Waals surface area contributed by atoms with Gasteiger partial charge in [-0.2, -0.15) is 8.42 Å². The molecule has 11 heteroatoms. The summed E-state index contributed by atoms with van der Waals surface area (Å²) >= 11 is 0. The van der Waals surface area contributed by atoms with Crippen molar-refractivity contribution in [2.75, 3.05) is 0 Å². The van der Waals surface area contributed by atoms with Crippen LogP contribution in [0.1, 0.15) is 38.0 Å². The maximum atomic E-state index is 11.3. The zero-order valence-electron chi connectivity index (χ0n) is 11.8. The molecule has 1 unspecified atom stereocenters. The van der Waals surface area contributed by atoms with Gasteiger partial charge in [0.05, 0.1) is 7.05 Å². The Hall–Kier alpha value is -1.01. The highest BCUT2D eigenvalue weighted by atomic mass is 32.3. The molecule has 0 aromatic carbocycles. The minimum Gasteiger partial charge on any atom is -0.726 e. The monoisotopic (exact) mass is 344 g/mol. The first kappa shape index (κ1) is 20.0. The van der Waals surface area contributed by atoms with E-state index in [-0.39, 0.29) is 0 Å². The Kier molecular flexibility index (Phi) is 8.03. The van der Waals surface area contributed by atoms with Crippen molar-refractivity contribution < 1.29 is 35.1 Å². The van der Waals surface area contributed by atoms with Crippen LogP contribution >= 0.6 is 0 Å². The highest BCUT2D eigenvalue weighted by molar-refractivity contribution is 7.85. The van der Waals surface area contributed by atoms with Crippen LogP contribution < -0.4 is 4.57 Å². The van der Waals surface area contributed by atoms with Crippen molar-refractivity contribution in [1.82, 2.24) is 4.57 Å². The van der Waals surface area contributed by atoms with Gasteiger partial charge < -0.3 is 4.55 Å². The molecule has 0 saturated heterocycles. The molecule has 9 nitrogen and oxygen atoms in total. The third-order valence-corrected chi connectivity index (χ3v) is 3.69. The minimum absolute atomic E-state index is 0.446. The maximum absolute atomic E-state index is 11.3. The van der Waals surface area contributed by atoms with Crippen molar-refractivity contribution in [1.29, 1.82) is 0 Å². The summed E-state index contributed by atoms with van der Waals surface area (Å²) in [6.45, 7) is 2.05. The van der Waals surface area contributed by atoms with E-state index in [1.165, 1.54) is 4.57 Å². The predicted molar refractivity (Wildman–Crippen MR) is 72.7 cm³/mol. The van der Waals surface area contributed by atoms with Crippen LogP contribution in [0, 0.1) is 0 Å². The van der Waals surface area contributed by atoms with Gasteiger partial charge in [0.25, 0.3) is 0 Å². The molecule has 0 aliphatic rings. The number of rotatable bonds is 6. The average molecular weight is 344 g/mol. The molecule has 0 spiro atoms. The second kappa shape index (κ2) is 8.44. The molecule has 0 amide bonds. The van der Waals surface area contributed by atoms with Crippen LogP contribution in [0.5, 0.6) is 0 Å². The van der Waals surface area contributed by atoms with Gasteiger partial charge in [0.15, 0.2) is 0 Å².